The molecule has 1 aromatic rings. The van der Waals surface area contributed by atoms with Gasteiger partial charge in [0.2, 0.25) is 0 Å². The molecular formula is C10H13Br2NO2. The summed E-state index contributed by atoms with van der Waals surface area (Å²) in [6, 6.07) is 5.77. The van der Waals surface area contributed by atoms with Gasteiger partial charge in [-0.25, -0.2) is 0 Å². The number of nitrogens with two attached hydrogens (primary N) is 1. The Hall–Kier alpha value is -0.100. The van der Waals surface area contributed by atoms with Crippen LogP contribution in [0.4, 0.5) is 0 Å². The maximum atomic E-state index is 5.50. The molecule has 0 atom stereocenters. The molecule has 0 unspecified atom stereocenters. The van der Waals surface area contributed by atoms with Crippen molar-refractivity contribution in [3.05, 3.63) is 27.1 Å². The third-order valence-electron chi connectivity index (χ3n) is 1.64. The Labute approximate surface area is 106 Å². The minimum Gasteiger partial charge on any atom is -0.490 e. The van der Waals surface area contributed by atoms with Crippen molar-refractivity contribution in [2.24, 2.45) is 5.73 Å². The van der Waals surface area contributed by atoms with Crippen molar-refractivity contribution < 1.29 is 9.47 Å². The van der Waals surface area contributed by atoms with Crippen molar-refractivity contribution in [3.8, 4) is 5.75 Å². The highest BCUT2D eigenvalue weighted by Crippen LogP contribution is 2.27. The van der Waals surface area contributed by atoms with Crippen LogP contribution in [0.15, 0.2) is 27.1 Å². The van der Waals surface area contributed by atoms with Gasteiger partial charge in [-0.15, -0.1) is 0 Å². The quantitative estimate of drug-likeness (QED) is 0.811. The summed E-state index contributed by atoms with van der Waals surface area (Å²) in [6.07, 6.45) is 0. The van der Waals surface area contributed by atoms with Gasteiger partial charge in [-0.2, -0.15) is 0 Å². The lowest BCUT2D eigenvalue weighted by Gasteiger charge is -2.08. The molecule has 0 spiro atoms. The molecule has 2 N–H and O–H groups in total. The van der Waals surface area contributed by atoms with Crippen LogP contribution in [0, 0.1) is 0 Å². The van der Waals surface area contributed by atoms with E-state index in [1.807, 2.05) is 18.2 Å². The molecule has 0 aromatic heterocycles. The lowest BCUT2D eigenvalue weighted by Crippen LogP contribution is -2.13. The van der Waals surface area contributed by atoms with E-state index in [0.717, 1.165) is 14.7 Å². The summed E-state index contributed by atoms with van der Waals surface area (Å²) in [5, 5.41) is 0. The lowest BCUT2D eigenvalue weighted by atomic mass is 10.3. The number of benzene rings is 1. The van der Waals surface area contributed by atoms with Crippen LogP contribution in [-0.2, 0) is 4.74 Å². The van der Waals surface area contributed by atoms with E-state index >= 15 is 0 Å². The first-order valence-corrected chi connectivity index (χ1v) is 6.18. The highest BCUT2D eigenvalue weighted by Gasteiger charge is 2.00. The maximum absolute atomic E-state index is 5.50. The highest BCUT2D eigenvalue weighted by molar-refractivity contribution is 9.11. The van der Waals surface area contributed by atoms with Crippen molar-refractivity contribution in [3.63, 3.8) is 0 Å². The molecule has 5 heteroatoms. The van der Waals surface area contributed by atoms with Gasteiger partial charge >= 0.3 is 0 Å². The van der Waals surface area contributed by atoms with Crippen LogP contribution in [0.1, 0.15) is 0 Å². The van der Waals surface area contributed by atoms with Gasteiger partial charge in [-0.05, 0) is 34.1 Å². The average Bonchev–Trinajstić information content (AvgIpc) is 2.20. The molecule has 1 aromatic carbocycles. The molecule has 0 aliphatic carbocycles. The highest BCUT2D eigenvalue weighted by atomic mass is 79.9. The van der Waals surface area contributed by atoms with Crippen LogP contribution in [0.5, 0.6) is 5.75 Å². The van der Waals surface area contributed by atoms with E-state index in [2.05, 4.69) is 31.9 Å². The van der Waals surface area contributed by atoms with E-state index in [0.29, 0.717) is 26.4 Å². The zero-order valence-electron chi connectivity index (χ0n) is 8.21. The Morgan fingerprint density at radius 1 is 1.13 bits per heavy atom. The molecule has 0 radical (unpaired) electrons. The summed E-state index contributed by atoms with van der Waals surface area (Å²) in [5.41, 5.74) is 5.28. The smallest absolute Gasteiger partial charge is 0.133 e. The van der Waals surface area contributed by atoms with Crippen LogP contribution >= 0.6 is 31.9 Å². The van der Waals surface area contributed by atoms with Crippen LogP contribution in [-0.4, -0.2) is 26.4 Å². The fraction of sp³-hybridized carbons (Fsp3) is 0.400. The van der Waals surface area contributed by atoms with Gasteiger partial charge in [0.25, 0.3) is 0 Å². The molecule has 0 fully saturated rings. The van der Waals surface area contributed by atoms with Gasteiger partial charge in [-0.3, -0.25) is 0 Å². The van der Waals surface area contributed by atoms with E-state index in [9.17, 15) is 0 Å². The van der Waals surface area contributed by atoms with Crippen molar-refractivity contribution in [2.75, 3.05) is 26.4 Å². The number of rotatable bonds is 6. The summed E-state index contributed by atoms with van der Waals surface area (Å²) in [6.45, 7) is 2.20. The first kappa shape index (κ1) is 13.0. The van der Waals surface area contributed by atoms with Gasteiger partial charge in [0.1, 0.15) is 12.4 Å². The summed E-state index contributed by atoms with van der Waals surface area (Å²) in [7, 11) is 0. The molecule has 1 rings (SSSR count). The topological polar surface area (TPSA) is 44.5 Å². The normalized spacial score (nSPS) is 10.3. The second-order valence-corrected chi connectivity index (χ2v) is 4.59. The Morgan fingerprint density at radius 3 is 2.60 bits per heavy atom. The Balaban J connectivity index is 2.31. The third kappa shape index (κ3) is 4.97. The first-order valence-electron chi connectivity index (χ1n) is 4.59. The van der Waals surface area contributed by atoms with Gasteiger partial charge in [0, 0.05) is 11.0 Å². The molecule has 3 nitrogen and oxygen atoms in total. The molecule has 0 amide bonds. The Kier molecular flexibility index (Phi) is 6.24. The Bertz CT molecular complexity index is 307. The van der Waals surface area contributed by atoms with E-state index in [1.54, 1.807) is 0 Å². The van der Waals surface area contributed by atoms with E-state index in [4.69, 9.17) is 15.2 Å². The van der Waals surface area contributed by atoms with Crippen LogP contribution < -0.4 is 10.5 Å². The summed E-state index contributed by atoms with van der Waals surface area (Å²) in [5.74, 6) is 0.814. The molecule has 0 heterocycles. The summed E-state index contributed by atoms with van der Waals surface area (Å²) >= 11 is 6.79. The molecule has 0 aliphatic heterocycles. The zero-order valence-corrected chi connectivity index (χ0v) is 11.4. The molecule has 0 saturated carbocycles. The second kappa shape index (κ2) is 7.22. The minimum absolute atomic E-state index is 0.528. The van der Waals surface area contributed by atoms with Crippen LogP contribution in [0.3, 0.4) is 0 Å². The van der Waals surface area contributed by atoms with Crippen LogP contribution in [0.25, 0.3) is 0 Å². The van der Waals surface area contributed by atoms with E-state index in [1.165, 1.54) is 0 Å². The van der Waals surface area contributed by atoms with Gasteiger partial charge in [0.15, 0.2) is 0 Å². The summed E-state index contributed by atoms with van der Waals surface area (Å²) in [4.78, 5) is 0. The largest absolute Gasteiger partial charge is 0.490 e. The standard InChI is InChI=1S/C10H13Br2NO2/c11-8-1-2-10(9(12)7-8)15-6-5-14-4-3-13/h1-2,7H,3-6,13H2. The fourth-order valence-corrected chi connectivity index (χ4v) is 2.15. The molecule has 84 valence electrons. The minimum atomic E-state index is 0.528. The predicted molar refractivity (Wildman–Crippen MR) is 67.2 cm³/mol. The predicted octanol–water partition coefficient (Wildman–Crippen LogP) is 2.57. The fourth-order valence-electron chi connectivity index (χ4n) is 0.988. The molecule has 15 heavy (non-hydrogen) atoms. The van der Waals surface area contributed by atoms with Crippen LogP contribution in [0.2, 0.25) is 0 Å². The lowest BCUT2D eigenvalue weighted by molar-refractivity contribution is 0.105. The van der Waals surface area contributed by atoms with Crippen molar-refractivity contribution >= 4 is 31.9 Å². The average molecular weight is 339 g/mol. The molecular weight excluding hydrogens is 326 g/mol. The van der Waals surface area contributed by atoms with Gasteiger partial charge in [0.05, 0.1) is 17.7 Å². The van der Waals surface area contributed by atoms with Crippen molar-refractivity contribution in [1.82, 2.24) is 0 Å². The summed E-state index contributed by atoms with van der Waals surface area (Å²) < 4.78 is 12.6. The van der Waals surface area contributed by atoms with E-state index in [-0.39, 0.29) is 0 Å². The Morgan fingerprint density at radius 2 is 1.93 bits per heavy atom. The van der Waals surface area contributed by atoms with Gasteiger partial charge < -0.3 is 15.2 Å². The number of hydrogen-bond acceptors (Lipinski definition) is 3. The van der Waals surface area contributed by atoms with Crippen molar-refractivity contribution in [1.29, 1.82) is 0 Å². The second-order valence-electron chi connectivity index (χ2n) is 2.82. The number of ether oxygens (including phenoxy) is 2. The molecule has 0 bridgehead atoms. The number of halogens is 2. The monoisotopic (exact) mass is 337 g/mol. The van der Waals surface area contributed by atoms with Gasteiger partial charge in [-0.1, -0.05) is 15.9 Å². The first-order chi connectivity index (χ1) is 7.24. The molecule has 0 aliphatic rings. The van der Waals surface area contributed by atoms with Crippen molar-refractivity contribution in [2.45, 2.75) is 0 Å². The zero-order chi connectivity index (χ0) is 11.1. The third-order valence-corrected chi connectivity index (χ3v) is 2.75. The maximum Gasteiger partial charge on any atom is 0.133 e. The SMILES string of the molecule is NCCOCCOc1ccc(Br)cc1Br. The number of hydrogen-bond donors (Lipinski definition) is 1. The van der Waals surface area contributed by atoms with E-state index < -0.39 is 0 Å². The molecule has 0 saturated heterocycles.